The third-order valence-electron chi connectivity index (χ3n) is 3.02. The van der Waals surface area contributed by atoms with E-state index in [4.69, 9.17) is 4.74 Å². The molecular weight excluding hydrogens is 258 g/mol. The van der Waals surface area contributed by atoms with Crippen molar-refractivity contribution in [3.8, 4) is 0 Å². The highest BCUT2D eigenvalue weighted by molar-refractivity contribution is 7.91. The molecule has 6 heteroatoms. The number of hydrogen-bond donors (Lipinski definition) is 0. The van der Waals surface area contributed by atoms with Gasteiger partial charge in [0.05, 0.1) is 6.10 Å². The van der Waals surface area contributed by atoms with E-state index in [1.165, 1.54) is 15.6 Å². The van der Waals surface area contributed by atoms with Crippen molar-refractivity contribution in [3.05, 3.63) is 17.0 Å². The highest BCUT2D eigenvalue weighted by Crippen LogP contribution is 2.28. The molecule has 1 saturated heterocycles. The number of thiophene rings is 1. The van der Waals surface area contributed by atoms with Gasteiger partial charge in [-0.25, -0.2) is 8.42 Å². The van der Waals surface area contributed by atoms with Gasteiger partial charge in [-0.05, 0) is 25.0 Å². The normalized spacial score (nSPS) is 22.1. The van der Waals surface area contributed by atoms with E-state index in [-0.39, 0.29) is 6.10 Å². The molecule has 0 aromatic carbocycles. The monoisotopic (exact) mass is 275 g/mol. The maximum atomic E-state index is 12.3. The number of nitrogens with zero attached hydrogens (tertiary/aromatic N) is 1. The van der Waals surface area contributed by atoms with Gasteiger partial charge < -0.3 is 4.74 Å². The zero-order chi connectivity index (χ0) is 12.5. The maximum absolute atomic E-state index is 12.3. The van der Waals surface area contributed by atoms with Crippen LogP contribution < -0.4 is 0 Å². The molecule has 4 nitrogen and oxygen atoms in total. The van der Waals surface area contributed by atoms with E-state index >= 15 is 0 Å². The van der Waals surface area contributed by atoms with Crippen LogP contribution >= 0.6 is 11.3 Å². The molecule has 96 valence electrons. The van der Waals surface area contributed by atoms with E-state index in [2.05, 4.69) is 0 Å². The summed E-state index contributed by atoms with van der Waals surface area (Å²) < 4.78 is 31.8. The van der Waals surface area contributed by atoms with Crippen LogP contribution in [0, 0.1) is 0 Å². The molecule has 1 aromatic heterocycles. The van der Waals surface area contributed by atoms with Crippen molar-refractivity contribution < 1.29 is 13.2 Å². The molecule has 0 spiro atoms. The summed E-state index contributed by atoms with van der Waals surface area (Å²) >= 11 is 1.37. The zero-order valence-corrected chi connectivity index (χ0v) is 11.7. The van der Waals surface area contributed by atoms with Crippen LogP contribution in [0.1, 0.15) is 18.2 Å². The minimum Gasteiger partial charge on any atom is -0.380 e. The molecule has 2 rings (SSSR count). The lowest BCUT2D eigenvalue weighted by atomic mass is 10.3. The van der Waals surface area contributed by atoms with Crippen molar-refractivity contribution in [1.82, 2.24) is 4.31 Å². The minimum absolute atomic E-state index is 0.0374. The third kappa shape index (κ3) is 2.54. The van der Waals surface area contributed by atoms with E-state index in [0.29, 0.717) is 17.3 Å². The summed E-state index contributed by atoms with van der Waals surface area (Å²) in [5, 5.41) is 0. The number of methoxy groups -OCH3 is 1. The van der Waals surface area contributed by atoms with Gasteiger partial charge in [0.15, 0.2) is 0 Å². The van der Waals surface area contributed by atoms with E-state index in [1.54, 1.807) is 13.2 Å². The minimum atomic E-state index is -3.30. The molecule has 0 amide bonds. The Labute approximate surface area is 106 Å². The molecule has 1 aliphatic heterocycles. The highest BCUT2D eigenvalue weighted by atomic mass is 32.2. The van der Waals surface area contributed by atoms with Crippen molar-refractivity contribution in [3.63, 3.8) is 0 Å². The lowest BCUT2D eigenvalue weighted by molar-refractivity contribution is 0.115. The summed E-state index contributed by atoms with van der Waals surface area (Å²) in [6.45, 7) is 3.05. The van der Waals surface area contributed by atoms with Gasteiger partial charge in [0, 0.05) is 25.1 Å². The third-order valence-corrected chi connectivity index (χ3v) is 6.58. The van der Waals surface area contributed by atoms with E-state index < -0.39 is 10.0 Å². The van der Waals surface area contributed by atoms with Crippen molar-refractivity contribution in [1.29, 1.82) is 0 Å². The van der Waals surface area contributed by atoms with Gasteiger partial charge in [-0.15, -0.1) is 11.3 Å². The Balaban J connectivity index is 2.19. The lowest BCUT2D eigenvalue weighted by Crippen LogP contribution is -2.29. The van der Waals surface area contributed by atoms with Crippen LogP contribution in [0.15, 0.2) is 16.3 Å². The average Bonchev–Trinajstić information content (AvgIpc) is 2.98. The lowest BCUT2D eigenvalue weighted by Gasteiger charge is -2.14. The van der Waals surface area contributed by atoms with Gasteiger partial charge >= 0.3 is 0 Å². The second kappa shape index (κ2) is 5.06. The van der Waals surface area contributed by atoms with Gasteiger partial charge in [-0.3, -0.25) is 0 Å². The summed E-state index contributed by atoms with van der Waals surface area (Å²) in [4.78, 5) is 1.10. The van der Waals surface area contributed by atoms with Crippen LogP contribution in [0.3, 0.4) is 0 Å². The van der Waals surface area contributed by atoms with Gasteiger partial charge in [0.1, 0.15) is 4.21 Å². The van der Waals surface area contributed by atoms with Gasteiger partial charge in [0.2, 0.25) is 0 Å². The maximum Gasteiger partial charge on any atom is 0.252 e. The van der Waals surface area contributed by atoms with Gasteiger partial charge in [-0.2, -0.15) is 4.31 Å². The fraction of sp³-hybridized carbons (Fsp3) is 0.636. The number of hydrogen-bond acceptors (Lipinski definition) is 4. The first-order valence-corrected chi connectivity index (χ1v) is 7.95. The Hall–Kier alpha value is -0.430. The van der Waals surface area contributed by atoms with Crippen LogP contribution in [-0.2, 0) is 21.2 Å². The first-order valence-electron chi connectivity index (χ1n) is 5.69. The summed E-state index contributed by atoms with van der Waals surface area (Å²) in [7, 11) is -1.67. The average molecular weight is 275 g/mol. The molecule has 0 bridgehead atoms. The van der Waals surface area contributed by atoms with Crippen molar-refractivity contribution in [2.75, 3.05) is 20.2 Å². The molecule has 0 aliphatic carbocycles. The van der Waals surface area contributed by atoms with Crippen LogP contribution in [0.25, 0.3) is 0 Å². The fourth-order valence-electron chi connectivity index (χ4n) is 1.92. The van der Waals surface area contributed by atoms with Crippen molar-refractivity contribution >= 4 is 21.4 Å². The molecule has 0 radical (unpaired) electrons. The Morgan fingerprint density at radius 2 is 2.29 bits per heavy atom. The molecule has 0 N–H and O–H groups in total. The molecule has 17 heavy (non-hydrogen) atoms. The summed E-state index contributed by atoms with van der Waals surface area (Å²) in [6, 6.07) is 3.60. The van der Waals surface area contributed by atoms with Crippen LogP contribution in [-0.4, -0.2) is 39.0 Å². The number of ether oxygens (including phenoxy) is 1. The zero-order valence-electron chi connectivity index (χ0n) is 10.0. The highest BCUT2D eigenvalue weighted by Gasteiger charge is 2.33. The first-order chi connectivity index (χ1) is 8.07. The van der Waals surface area contributed by atoms with E-state index in [9.17, 15) is 8.42 Å². The second-order valence-electron chi connectivity index (χ2n) is 4.08. The fourth-order valence-corrected chi connectivity index (χ4v) is 4.86. The molecule has 1 fully saturated rings. The van der Waals surface area contributed by atoms with Gasteiger partial charge in [-0.1, -0.05) is 6.92 Å². The number of sulfonamides is 1. The molecule has 1 atom stereocenters. The first kappa shape index (κ1) is 13.0. The summed E-state index contributed by atoms with van der Waals surface area (Å²) in [5.74, 6) is 0. The van der Waals surface area contributed by atoms with E-state index in [0.717, 1.165) is 17.7 Å². The second-order valence-corrected chi connectivity index (χ2v) is 7.42. The molecule has 0 saturated carbocycles. The number of rotatable bonds is 4. The van der Waals surface area contributed by atoms with Crippen LogP contribution in [0.5, 0.6) is 0 Å². The Kier molecular flexibility index (Phi) is 3.87. The predicted octanol–water partition coefficient (Wildman–Crippen LogP) is 1.72. The van der Waals surface area contributed by atoms with Crippen LogP contribution in [0.4, 0.5) is 0 Å². The molecule has 1 aliphatic rings. The standard InChI is InChI=1S/C11H17NO3S2/c1-3-10-4-5-11(16-10)17(13,14)12-7-6-9(8-12)15-2/h4-5,9H,3,6-8H2,1-2H3. The van der Waals surface area contributed by atoms with E-state index in [1.807, 2.05) is 13.0 Å². The topological polar surface area (TPSA) is 46.6 Å². The SMILES string of the molecule is CCc1ccc(S(=O)(=O)N2CCC(OC)C2)s1. The summed E-state index contributed by atoms with van der Waals surface area (Å²) in [6.07, 6.45) is 1.69. The Bertz CT molecular complexity index is 481. The quantitative estimate of drug-likeness (QED) is 0.840. The van der Waals surface area contributed by atoms with Gasteiger partial charge in [0.25, 0.3) is 10.0 Å². The molecular formula is C11H17NO3S2. The molecule has 1 unspecified atom stereocenters. The van der Waals surface area contributed by atoms with Crippen LogP contribution in [0.2, 0.25) is 0 Å². The molecule has 2 heterocycles. The Morgan fingerprint density at radius 3 is 2.82 bits per heavy atom. The van der Waals surface area contributed by atoms with Crippen molar-refractivity contribution in [2.45, 2.75) is 30.1 Å². The molecule has 1 aromatic rings. The smallest absolute Gasteiger partial charge is 0.252 e. The predicted molar refractivity (Wildman–Crippen MR) is 67.9 cm³/mol. The summed E-state index contributed by atoms with van der Waals surface area (Å²) in [5.41, 5.74) is 0. The Morgan fingerprint density at radius 1 is 1.53 bits per heavy atom. The number of aryl methyl sites for hydroxylation is 1. The largest absolute Gasteiger partial charge is 0.380 e. The van der Waals surface area contributed by atoms with Crippen molar-refractivity contribution in [2.24, 2.45) is 0 Å².